The number of fused-ring (bicyclic) bond motifs is 10. The second kappa shape index (κ2) is 12.2. The lowest BCUT2D eigenvalue weighted by molar-refractivity contribution is -0.0647. The summed E-state index contributed by atoms with van der Waals surface area (Å²) in [6.45, 7) is 5.86. The van der Waals surface area contributed by atoms with Crippen molar-refractivity contribution in [3.8, 4) is 42.3 Å². The third-order valence-electron chi connectivity index (χ3n) is 14.2. The van der Waals surface area contributed by atoms with Crippen LogP contribution >= 0.6 is 0 Å². The van der Waals surface area contributed by atoms with E-state index in [-0.39, 0.29) is 10.8 Å². The molecular formula is C42H51NO4. The molecule has 0 bridgehead atoms. The van der Waals surface area contributed by atoms with Crippen molar-refractivity contribution in [3.05, 3.63) is 58.7 Å². The van der Waals surface area contributed by atoms with Crippen LogP contribution in [0.5, 0.6) is 11.5 Å². The van der Waals surface area contributed by atoms with Crippen molar-refractivity contribution in [2.75, 3.05) is 0 Å². The van der Waals surface area contributed by atoms with Crippen molar-refractivity contribution in [2.24, 2.45) is 34.5 Å². The zero-order valence-electron chi connectivity index (χ0n) is 28.3. The van der Waals surface area contributed by atoms with Gasteiger partial charge >= 0.3 is 0 Å². The number of aromatic hydroxyl groups is 2. The van der Waals surface area contributed by atoms with Crippen molar-refractivity contribution >= 4 is 0 Å². The lowest BCUT2D eigenvalue weighted by atomic mass is 9.53. The molecule has 0 radical (unpaired) electrons. The van der Waals surface area contributed by atoms with E-state index in [1.807, 2.05) is 24.3 Å². The Labute approximate surface area is 281 Å². The topological polar surface area (TPSA) is 105 Å². The maximum Gasteiger partial charge on any atom is 0.130 e. The SMILES string of the molecule is C#C[C@]1(O)CC[C@H]2[C@@H]3CCc4cc(O)ccc4[C@H]3CC[C@@]21C.C#C[C@]1(O)CC[C@H]2[C@@H]3CCc4cc(O)ccc4[C@H]3CC[C@@]21C.CC#N. The van der Waals surface area contributed by atoms with Gasteiger partial charge in [0.05, 0.1) is 6.07 Å². The number of terminal acetylenes is 2. The maximum absolute atomic E-state index is 10.9. The molecule has 4 fully saturated rings. The Kier molecular flexibility index (Phi) is 8.71. The Morgan fingerprint density at radius 3 is 1.40 bits per heavy atom. The van der Waals surface area contributed by atoms with Gasteiger partial charge in [0.15, 0.2) is 0 Å². The predicted molar refractivity (Wildman–Crippen MR) is 184 cm³/mol. The summed E-state index contributed by atoms with van der Waals surface area (Å²) < 4.78 is 0. The van der Waals surface area contributed by atoms with Gasteiger partial charge in [-0.2, -0.15) is 5.26 Å². The van der Waals surface area contributed by atoms with Gasteiger partial charge in [-0.05, 0) is 159 Å². The lowest BCUT2D eigenvalue weighted by Crippen LogP contribution is -2.50. The van der Waals surface area contributed by atoms with E-state index < -0.39 is 11.2 Å². The van der Waals surface area contributed by atoms with Gasteiger partial charge in [-0.3, -0.25) is 0 Å². The van der Waals surface area contributed by atoms with Gasteiger partial charge in [0, 0.05) is 17.8 Å². The average molecular weight is 634 g/mol. The predicted octanol–water partition coefficient (Wildman–Crippen LogP) is 7.76. The second-order valence-corrected chi connectivity index (χ2v) is 15.8. The number of hydrogen-bond donors (Lipinski definition) is 4. The fraction of sp³-hybridized carbons (Fsp3) is 0.595. The van der Waals surface area contributed by atoms with Crippen molar-refractivity contribution in [1.29, 1.82) is 5.26 Å². The van der Waals surface area contributed by atoms with Crippen molar-refractivity contribution in [2.45, 2.75) is 121 Å². The zero-order chi connectivity index (χ0) is 33.8. The number of aliphatic hydroxyl groups is 2. The molecule has 6 aliphatic rings. The molecule has 47 heavy (non-hydrogen) atoms. The third kappa shape index (κ3) is 5.16. The Hall–Kier alpha value is -3.43. The second-order valence-electron chi connectivity index (χ2n) is 15.8. The number of nitriles is 1. The van der Waals surface area contributed by atoms with Gasteiger partial charge in [-0.15, -0.1) is 12.8 Å². The molecule has 5 heteroatoms. The fourth-order valence-electron chi connectivity index (χ4n) is 11.6. The fourth-order valence-corrected chi connectivity index (χ4v) is 11.6. The molecule has 248 valence electrons. The highest BCUT2D eigenvalue weighted by Gasteiger charge is 2.62. The van der Waals surface area contributed by atoms with E-state index in [2.05, 4.69) is 37.8 Å². The normalized spacial score (nSPS) is 40.3. The van der Waals surface area contributed by atoms with Crippen molar-refractivity contribution in [3.63, 3.8) is 0 Å². The first-order valence-electron chi connectivity index (χ1n) is 17.7. The van der Waals surface area contributed by atoms with E-state index in [9.17, 15) is 20.4 Å². The van der Waals surface area contributed by atoms with E-state index >= 15 is 0 Å². The molecule has 0 heterocycles. The average Bonchev–Trinajstić information content (AvgIpc) is 3.50. The number of aryl methyl sites for hydroxylation is 2. The van der Waals surface area contributed by atoms with E-state index in [4.69, 9.17) is 18.1 Å². The van der Waals surface area contributed by atoms with Gasteiger partial charge in [0.2, 0.25) is 0 Å². The van der Waals surface area contributed by atoms with Gasteiger partial charge in [0.25, 0.3) is 0 Å². The van der Waals surface area contributed by atoms with Crippen LogP contribution in [0, 0.1) is 70.5 Å². The zero-order valence-corrected chi connectivity index (χ0v) is 28.3. The maximum atomic E-state index is 10.9. The Balaban J connectivity index is 0.000000152. The van der Waals surface area contributed by atoms with Crippen LogP contribution in [-0.2, 0) is 12.8 Å². The quantitative estimate of drug-likeness (QED) is 0.222. The molecule has 4 N–H and O–H groups in total. The van der Waals surface area contributed by atoms with Crippen LogP contribution in [0.2, 0.25) is 0 Å². The van der Waals surface area contributed by atoms with Crippen LogP contribution in [0.25, 0.3) is 0 Å². The highest BCUT2D eigenvalue weighted by Crippen LogP contribution is 2.65. The summed E-state index contributed by atoms with van der Waals surface area (Å²) >= 11 is 0. The van der Waals surface area contributed by atoms with Gasteiger partial charge < -0.3 is 20.4 Å². The molecule has 8 rings (SSSR count). The van der Waals surface area contributed by atoms with Crippen LogP contribution in [0.1, 0.15) is 119 Å². The van der Waals surface area contributed by atoms with Crippen LogP contribution in [-0.4, -0.2) is 31.6 Å². The van der Waals surface area contributed by atoms with Crippen LogP contribution in [0.4, 0.5) is 0 Å². The Morgan fingerprint density at radius 2 is 1.04 bits per heavy atom. The van der Waals surface area contributed by atoms with E-state index in [0.717, 1.165) is 77.0 Å². The highest BCUT2D eigenvalue weighted by molar-refractivity contribution is 5.42. The van der Waals surface area contributed by atoms with Gasteiger partial charge in [0.1, 0.15) is 22.7 Å². The number of phenols is 2. The minimum atomic E-state index is -0.919. The summed E-state index contributed by atoms with van der Waals surface area (Å²) in [7, 11) is 0. The summed E-state index contributed by atoms with van der Waals surface area (Å²) in [5, 5.41) is 48.6. The first kappa shape index (κ1) is 33.5. The van der Waals surface area contributed by atoms with E-state index in [1.165, 1.54) is 29.2 Å². The number of benzene rings is 2. The molecule has 0 spiro atoms. The molecule has 0 aromatic heterocycles. The number of hydrogen-bond acceptors (Lipinski definition) is 5. The van der Waals surface area contributed by atoms with Crippen LogP contribution in [0.15, 0.2) is 36.4 Å². The number of rotatable bonds is 0. The van der Waals surface area contributed by atoms with E-state index in [1.54, 1.807) is 6.07 Å². The molecule has 2 aromatic carbocycles. The van der Waals surface area contributed by atoms with Crippen LogP contribution < -0.4 is 0 Å². The monoisotopic (exact) mass is 633 g/mol. The molecule has 0 unspecified atom stereocenters. The standard InChI is InChI=1S/2C20H24O2.C2H3N/c2*1-3-20(22)11-9-18-17-6-4-13-12-14(21)5-7-15(13)16(17)8-10-19(18,20)2;1-2-3/h2*1,5,7,12,16-18,21-22H,4,6,8-11H2,2H3;1H3/t2*16-,17-,18+,19+,20+;/m11./s1. The van der Waals surface area contributed by atoms with Crippen molar-refractivity contribution < 1.29 is 20.4 Å². The molecule has 4 saturated carbocycles. The summed E-state index contributed by atoms with van der Waals surface area (Å²) in [5.74, 6) is 9.64. The summed E-state index contributed by atoms with van der Waals surface area (Å²) in [6, 6.07) is 13.5. The first-order chi connectivity index (χ1) is 22.4. The highest BCUT2D eigenvalue weighted by atomic mass is 16.3. The molecular weight excluding hydrogens is 582 g/mol. The number of nitrogens with zero attached hydrogens (tertiary/aromatic N) is 1. The summed E-state index contributed by atoms with van der Waals surface area (Å²) in [5.41, 5.74) is 3.38. The smallest absolute Gasteiger partial charge is 0.130 e. The molecule has 5 nitrogen and oxygen atoms in total. The summed E-state index contributed by atoms with van der Waals surface area (Å²) in [6.07, 6.45) is 23.5. The van der Waals surface area contributed by atoms with Crippen molar-refractivity contribution in [1.82, 2.24) is 0 Å². The van der Waals surface area contributed by atoms with Crippen LogP contribution in [0.3, 0.4) is 0 Å². The molecule has 0 amide bonds. The minimum absolute atomic E-state index is 0.128. The number of phenolic OH excluding ortho intramolecular Hbond substituents is 2. The first-order valence-corrected chi connectivity index (χ1v) is 17.7. The van der Waals surface area contributed by atoms with Gasteiger partial charge in [-0.25, -0.2) is 0 Å². The lowest BCUT2D eigenvalue weighted by Gasteiger charge is -2.52. The molecule has 0 aliphatic heterocycles. The minimum Gasteiger partial charge on any atom is -0.508 e. The summed E-state index contributed by atoms with van der Waals surface area (Å²) in [4.78, 5) is 0. The Morgan fingerprint density at radius 1 is 0.660 bits per heavy atom. The molecule has 2 aromatic rings. The molecule has 10 atom stereocenters. The van der Waals surface area contributed by atoms with E-state index in [0.29, 0.717) is 47.0 Å². The third-order valence-corrected chi connectivity index (χ3v) is 14.2. The Bertz CT molecular complexity index is 1530. The molecule has 0 saturated heterocycles. The van der Waals surface area contributed by atoms with Gasteiger partial charge in [-0.1, -0.05) is 37.8 Å². The largest absolute Gasteiger partial charge is 0.508 e. The molecule has 6 aliphatic carbocycles.